The summed E-state index contributed by atoms with van der Waals surface area (Å²) in [5, 5.41) is 3.28. The predicted octanol–water partition coefficient (Wildman–Crippen LogP) is 5.22. The molecule has 0 spiro atoms. The Morgan fingerprint density at radius 2 is 1.58 bits per heavy atom. The first-order valence-corrected chi connectivity index (χ1v) is 11.3. The van der Waals surface area contributed by atoms with E-state index in [2.05, 4.69) is 59.2 Å². The Morgan fingerprint density at radius 3 is 2.13 bits per heavy atom. The molecule has 1 fully saturated rings. The smallest absolute Gasteiger partial charge is 0.318 e. The van der Waals surface area contributed by atoms with E-state index in [4.69, 9.17) is 0 Å². The number of urea groups is 1. The van der Waals surface area contributed by atoms with Crippen molar-refractivity contribution >= 4 is 6.03 Å². The highest BCUT2D eigenvalue weighted by molar-refractivity contribution is 5.75. The maximum atomic E-state index is 13.1. The van der Waals surface area contributed by atoms with Crippen LogP contribution in [0.4, 0.5) is 4.79 Å². The van der Waals surface area contributed by atoms with Gasteiger partial charge in [-0.1, -0.05) is 74.5 Å². The van der Waals surface area contributed by atoms with Crippen molar-refractivity contribution in [2.75, 3.05) is 13.1 Å². The molecule has 162 valence electrons. The minimum atomic E-state index is -0.146. The summed E-state index contributed by atoms with van der Waals surface area (Å²) < 4.78 is 2.28. The molecular weight excluding hydrogens is 384 g/mol. The minimum absolute atomic E-state index is 0.0154. The average molecular weight is 417 g/mol. The number of hydrogen-bond donors (Lipinski definition) is 1. The highest BCUT2D eigenvalue weighted by Gasteiger charge is 2.26. The van der Waals surface area contributed by atoms with Crippen molar-refractivity contribution in [3.05, 3.63) is 90.0 Å². The van der Waals surface area contributed by atoms with E-state index in [1.807, 2.05) is 47.5 Å². The summed E-state index contributed by atoms with van der Waals surface area (Å²) in [6.45, 7) is 6.93. The fourth-order valence-electron chi connectivity index (χ4n) is 4.44. The molecular formula is C26H32N4O. The van der Waals surface area contributed by atoms with Crippen molar-refractivity contribution in [3.8, 4) is 0 Å². The fraction of sp³-hybridized carbons (Fsp3) is 0.385. The Kier molecular flexibility index (Phi) is 6.70. The van der Waals surface area contributed by atoms with Gasteiger partial charge in [0.15, 0.2) is 0 Å². The van der Waals surface area contributed by atoms with Crippen LogP contribution in [0, 0.1) is 5.92 Å². The van der Waals surface area contributed by atoms with Gasteiger partial charge >= 0.3 is 6.03 Å². The van der Waals surface area contributed by atoms with E-state index in [0.717, 1.165) is 49.4 Å². The zero-order chi connectivity index (χ0) is 21.6. The van der Waals surface area contributed by atoms with Crippen LogP contribution in [0.2, 0.25) is 0 Å². The van der Waals surface area contributed by atoms with Crippen LogP contribution in [0.25, 0.3) is 0 Å². The number of nitrogens with one attached hydrogen (secondary N) is 1. The van der Waals surface area contributed by atoms with Gasteiger partial charge in [0.2, 0.25) is 0 Å². The van der Waals surface area contributed by atoms with Crippen LogP contribution in [-0.2, 0) is 6.54 Å². The zero-order valence-electron chi connectivity index (χ0n) is 18.4. The van der Waals surface area contributed by atoms with Crippen molar-refractivity contribution in [3.63, 3.8) is 0 Å². The van der Waals surface area contributed by atoms with Gasteiger partial charge in [-0.2, -0.15) is 0 Å². The summed E-state index contributed by atoms with van der Waals surface area (Å²) in [6.07, 6.45) is 6.01. The van der Waals surface area contributed by atoms with Gasteiger partial charge in [-0.15, -0.1) is 0 Å². The molecule has 2 amide bonds. The Morgan fingerprint density at radius 1 is 1.00 bits per heavy atom. The maximum Gasteiger partial charge on any atom is 0.318 e. The summed E-state index contributed by atoms with van der Waals surface area (Å²) in [5.74, 6) is 2.15. The Hall–Kier alpha value is -3.08. The first-order valence-electron chi connectivity index (χ1n) is 11.3. The Bertz CT molecular complexity index is 920. The topological polar surface area (TPSA) is 50.2 Å². The standard InChI is InChI=1S/C26H32N4O/c1-20(2)25-27-15-18-30(25)19-21-13-16-29(17-14-21)26(31)28-24(22-9-5-3-6-10-22)23-11-7-4-8-12-23/h3-12,15,18,20-21,24H,13-14,16-17,19H2,1-2H3,(H,28,31). The van der Waals surface area contributed by atoms with E-state index in [0.29, 0.717) is 11.8 Å². The maximum absolute atomic E-state index is 13.1. The van der Waals surface area contributed by atoms with Gasteiger partial charge in [-0.3, -0.25) is 0 Å². The molecule has 5 heteroatoms. The number of carbonyl (C=O) groups excluding carboxylic acids is 1. The van der Waals surface area contributed by atoms with Gasteiger partial charge in [-0.25, -0.2) is 9.78 Å². The molecule has 0 bridgehead atoms. The molecule has 0 radical (unpaired) electrons. The van der Waals surface area contributed by atoms with Crippen LogP contribution in [0.5, 0.6) is 0 Å². The van der Waals surface area contributed by atoms with Crippen molar-refractivity contribution in [1.29, 1.82) is 0 Å². The van der Waals surface area contributed by atoms with Gasteiger partial charge in [-0.05, 0) is 29.9 Å². The number of aromatic nitrogens is 2. The lowest BCUT2D eigenvalue weighted by Crippen LogP contribution is -2.46. The number of nitrogens with zero attached hydrogens (tertiary/aromatic N) is 3. The van der Waals surface area contributed by atoms with E-state index in [1.54, 1.807) is 0 Å². The molecule has 2 heterocycles. The largest absolute Gasteiger partial charge is 0.334 e. The molecule has 1 N–H and O–H groups in total. The normalized spacial score (nSPS) is 14.9. The first kappa shape index (κ1) is 21.2. The van der Waals surface area contributed by atoms with Gasteiger partial charge in [0.1, 0.15) is 5.82 Å². The molecule has 4 rings (SSSR count). The molecule has 1 aliphatic heterocycles. The van der Waals surface area contributed by atoms with Crippen LogP contribution in [-0.4, -0.2) is 33.6 Å². The Balaban J connectivity index is 1.38. The van der Waals surface area contributed by atoms with Crippen molar-refractivity contribution < 1.29 is 4.79 Å². The number of likely N-dealkylation sites (tertiary alicyclic amines) is 1. The average Bonchev–Trinajstić information content (AvgIpc) is 3.27. The molecule has 3 aromatic rings. The molecule has 0 aliphatic carbocycles. The number of rotatable bonds is 6. The molecule has 0 saturated carbocycles. The molecule has 2 aromatic carbocycles. The summed E-state index contributed by atoms with van der Waals surface area (Å²) in [4.78, 5) is 19.6. The molecule has 1 saturated heterocycles. The van der Waals surface area contributed by atoms with E-state index in [9.17, 15) is 4.79 Å². The second kappa shape index (κ2) is 9.82. The lowest BCUT2D eigenvalue weighted by Gasteiger charge is -2.34. The summed E-state index contributed by atoms with van der Waals surface area (Å²) in [5.41, 5.74) is 2.19. The summed E-state index contributed by atoms with van der Waals surface area (Å²) in [6, 6.07) is 20.2. The number of piperidine rings is 1. The number of amides is 2. The van der Waals surface area contributed by atoms with Gasteiger partial charge < -0.3 is 14.8 Å². The molecule has 1 aliphatic rings. The van der Waals surface area contributed by atoms with Gasteiger partial charge in [0.05, 0.1) is 6.04 Å². The number of carbonyl (C=O) groups is 1. The van der Waals surface area contributed by atoms with Crippen LogP contribution in [0.3, 0.4) is 0 Å². The number of benzene rings is 2. The first-order chi connectivity index (χ1) is 15.1. The van der Waals surface area contributed by atoms with E-state index in [-0.39, 0.29) is 12.1 Å². The van der Waals surface area contributed by atoms with E-state index >= 15 is 0 Å². The summed E-state index contributed by atoms with van der Waals surface area (Å²) >= 11 is 0. The zero-order valence-corrected chi connectivity index (χ0v) is 18.4. The van der Waals surface area contributed by atoms with Gasteiger partial charge in [0.25, 0.3) is 0 Å². The third kappa shape index (κ3) is 5.16. The SMILES string of the molecule is CC(C)c1nccn1CC1CCN(C(=O)NC(c2ccccc2)c2ccccc2)CC1. The van der Waals surface area contributed by atoms with Crippen molar-refractivity contribution in [1.82, 2.24) is 19.8 Å². The molecule has 0 atom stereocenters. The van der Waals surface area contributed by atoms with Crippen molar-refractivity contribution in [2.45, 2.75) is 45.2 Å². The van der Waals surface area contributed by atoms with Crippen LogP contribution < -0.4 is 5.32 Å². The highest BCUT2D eigenvalue weighted by atomic mass is 16.2. The molecule has 5 nitrogen and oxygen atoms in total. The Labute approximate surface area is 185 Å². The predicted molar refractivity (Wildman–Crippen MR) is 124 cm³/mol. The van der Waals surface area contributed by atoms with Crippen LogP contribution in [0.15, 0.2) is 73.1 Å². The van der Waals surface area contributed by atoms with E-state index in [1.165, 1.54) is 0 Å². The minimum Gasteiger partial charge on any atom is -0.334 e. The number of imidazole rings is 1. The lowest BCUT2D eigenvalue weighted by atomic mass is 9.96. The third-order valence-electron chi connectivity index (χ3n) is 6.15. The van der Waals surface area contributed by atoms with Crippen LogP contribution in [0.1, 0.15) is 55.6 Å². The molecule has 0 unspecified atom stereocenters. The molecule has 1 aromatic heterocycles. The van der Waals surface area contributed by atoms with Crippen molar-refractivity contribution in [2.24, 2.45) is 5.92 Å². The fourth-order valence-corrected chi connectivity index (χ4v) is 4.44. The highest BCUT2D eigenvalue weighted by Crippen LogP contribution is 2.25. The second-order valence-corrected chi connectivity index (χ2v) is 8.73. The quantitative estimate of drug-likeness (QED) is 0.599. The lowest BCUT2D eigenvalue weighted by molar-refractivity contribution is 0.163. The monoisotopic (exact) mass is 416 g/mol. The van der Waals surface area contributed by atoms with E-state index < -0.39 is 0 Å². The van der Waals surface area contributed by atoms with Crippen LogP contribution >= 0.6 is 0 Å². The summed E-state index contributed by atoms with van der Waals surface area (Å²) in [7, 11) is 0. The third-order valence-corrected chi connectivity index (χ3v) is 6.15. The van der Waals surface area contributed by atoms with Gasteiger partial charge in [0, 0.05) is 37.9 Å². The molecule has 31 heavy (non-hydrogen) atoms. The second-order valence-electron chi connectivity index (χ2n) is 8.73. The number of hydrogen-bond acceptors (Lipinski definition) is 2.